The maximum atomic E-state index is 12.2. The molecule has 1 aliphatic rings. The quantitative estimate of drug-likeness (QED) is 0.519. The van der Waals surface area contributed by atoms with Gasteiger partial charge in [0.1, 0.15) is 23.9 Å². The number of nitrogens with one attached hydrogen (secondary N) is 1. The Morgan fingerprint density at radius 3 is 2.29 bits per heavy atom. The van der Waals surface area contributed by atoms with Crippen molar-refractivity contribution in [3.63, 3.8) is 0 Å². The van der Waals surface area contributed by atoms with Crippen LogP contribution in [0.5, 0.6) is 5.75 Å². The average Bonchev–Trinajstić information content (AvgIpc) is 2.84. The van der Waals surface area contributed by atoms with Crippen LogP contribution >= 0.6 is 0 Å². The van der Waals surface area contributed by atoms with Gasteiger partial charge >= 0.3 is 19.2 Å². The Morgan fingerprint density at radius 2 is 1.74 bits per heavy atom. The number of hydrogen-bond acceptors (Lipinski definition) is 7. The monoisotopic (exact) mass is 435 g/mol. The van der Waals surface area contributed by atoms with Crippen LogP contribution in [0, 0.1) is 0 Å². The molecule has 1 aromatic carbocycles. The van der Waals surface area contributed by atoms with Crippen LogP contribution in [0.3, 0.4) is 0 Å². The molecule has 1 aromatic rings. The molecule has 0 unspecified atom stereocenters. The summed E-state index contributed by atoms with van der Waals surface area (Å²) in [5, 5.41) is 2.57. The van der Waals surface area contributed by atoms with Crippen LogP contribution in [-0.2, 0) is 30.0 Å². The van der Waals surface area contributed by atoms with E-state index in [4.69, 9.17) is 23.5 Å². The van der Waals surface area contributed by atoms with E-state index in [9.17, 15) is 9.59 Å². The van der Waals surface area contributed by atoms with Gasteiger partial charge in [-0.3, -0.25) is 0 Å². The number of carbonyl (C=O) groups is 2. The third-order valence-corrected chi connectivity index (χ3v) is 5.20. The number of carbonyl (C=O) groups excluding carboxylic acids is 2. The molecule has 1 saturated heterocycles. The average molecular weight is 435 g/mol. The summed E-state index contributed by atoms with van der Waals surface area (Å²) in [4.78, 5) is 24.3. The van der Waals surface area contributed by atoms with Crippen molar-refractivity contribution in [2.45, 2.75) is 77.7 Å². The lowest BCUT2D eigenvalue weighted by molar-refractivity contribution is -0.143. The van der Waals surface area contributed by atoms with Gasteiger partial charge in [-0.15, -0.1) is 0 Å². The highest BCUT2D eigenvalue weighted by atomic mass is 16.7. The number of hydrogen-bond donors (Lipinski definition) is 1. The SMILES string of the molecule is COC(=O)[C@H](Cc1cccc(OCB2OC(C)(C)C(C)(C)O2)c1)NC(=O)OC(C)(C)C. The summed E-state index contributed by atoms with van der Waals surface area (Å²) >= 11 is 0. The topological polar surface area (TPSA) is 92.3 Å². The minimum atomic E-state index is -0.891. The molecule has 31 heavy (non-hydrogen) atoms. The van der Waals surface area contributed by atoms with E-state index >= 15 is 0 Å². The molecule has 0 radical (unpaired) electrons. The Morgan fingerprint density at radius 1 is 1.13 bits per heavy atom. The molecule has 0 saturated carbocycles. The maximum Gasteiger partial charge on any atom is 0.498 e. The fourth-order valence-electron chi connectivity index (χ4n) is 2.98. The molecule has 8 nitrogen and oxygen atoms in total. The molecule has 1 heterocycles. The summed E-state index contributed by atoms with van der Waals surface area (Å²) in [6.45, 7) is 13.4. The van der Waals surface area contributed by atoms with Gasteiger partial charge in [0, 0.05) is 6.42 Å². The van der Waals surface area contributed by atoms with Gasteiger partial charge in [0.05, 0.1) is 18.3 Å². The van der Waals surface area contributed by atoms with Crippen molar-refractivity contribution in [2.24, 2.45) is 0 Å². The lowest BCUT2D eigenvalue weighted by Crippen LogP contribution is -2.45. The van der Waals surface area contributed by atoms with Crippen molar-refractivity contribution in [1.82, 2.24) is 5.32 Å². The number of amides is 1. The predicted octanol–water partition coefficient (Wildman–Crippen LogP) is 3.31. The van der Waals surface area contributed by atoms with Crippen molar-refractivity contribution in [3.8, 4) is 5.75 Å². The summed E-state index contributed by atoms with van der Waals surface area (Å²) in [7, 11) is 0.793. The van der Waals surface area contributed by atoms with Crippen LogP contribution in [0.4, 0.5) is 4.79 Å². The number of esters is 1. The first kappa shape index (κ1) is 25.0. The van der Waals surface area contributed by atoms with Gasteiger partial charge in [-0.1, -0.05) is 12.1 Å². The first-order valence-corrected chi connectivity index (χ1v) is 10.4. The minimum Gasteiger partial charge on any atom is -0.496 e. The molecule has 0 aliphatic carbocycles. The van der Waals surface area contributed by atoms with Gasteiger partial charge in [0.2, 0.25) is 0 Å². The van der Waals surface area contributed by atoms with Crippen LogP contribution < -0.4 is 10.1 Å². The minimum absolute atomic E-state index is 0.222. The van der Waals surface area contributed by atoms with Gasteiger partial charge in [-0.05, 0) is 66.2 Å². The first-order chi connectivity index (χ1) is 14.2. The lowest BCUT2D eigenvalue weighted by atomic mass is 9.90. The molecule has 2 rings (SSSR count). The fourth-order valence-corrected chi connectivity index (χ4v) is 2.98. The molecule has 1 aliphatic heterocycles. The highest BCUT2D eigenvalue weighted by Gasteiger charge is 2.51. The highest BCUT2D eigenvalue weighted by molar-refractivity contribution is 6.45. The van der Waals surface area contributed by atoms with Crippen molar-refractivity contribution < 1.29 is 33.1 Å². The van der Waals surface area contributed by atoms with Crippen molar-refractivity contribution >= 4 is 19.2 Å². The molecule has 0 spiro atoms. The zero-order chi connectivity index (χ0) is 23.4. The number of methoxy groups -OCH3 is 1. The van der Waals surface area contributed by atoms with Gasteiger partial charge in [-0.2, -0.15) is 0 Å². The van der Waals surface area contributed by atoms with Gasteiger partial charge in [0.15, 0.2) is 0 Å². The van der Waals surface area contributed by atoms with Gasteiger partial charge in [-0.25, -0.2) is 9.59 Å². The second kappa shape index (κ2) is 9.48. The van der Waals surface area contributed by atoms with Crippen LogP contribution in [0.15, 0.2) is 24.3 Å². The first-order valence-electron chi connectivity index (χ1n) is 10.4. The number of rotatable bonds is 7. The van der Waals surface area contributed by atoms with E-state index in [1.165, 1.54) is 7.11 Å². The zero-order valence-electron chi connectivity index (χ0n) is 19.7. The molecule has 0 bridgehead atoms. The van der Waals surface area contributed by atoms with Crippen molar-refractivity contribution in [3.05, 3.63) is 29.8 Å². The smallest absolute Gasteiger partial charge is 0.496 e. The van der Waals surface area contributed by atoms with Gasteiger partial charge < -0.3 is 28.8 Å². The van der Waals surface area contributed by atoms with E-state index in [-0.39, 0.29) is 12.9 Å². The Hall–Kier alpha value is -2.26. The molecule has 9 heteroatoms. The third-order valence-electron chi connectivity index (χ3n) is 5.20. The second-order valence-corrected chi connectivity index (χ2v) is 9.57. The van der Waals surface area contributed by atoms with E-state index < -0.39 is 42.0 Å². The van der Waals surface area contributed by atoms with Crippen LogP contribution in [0.25, 0.3) is 0 Å². The summed E-state index contributed by atoms with van der Waals surface area (Å²) in [6.07, 6.45) is -0.462. The summed E-state index contributed by atoms with van der Waals surface area (Å²) < 4.78 is 27.8. The van der Waals surface area contributed by atoms with Crippen molar-refractivity contribution in [2.75, 3.05) is 13.6 Å². The number of alkyl carbamates (subject to hydrolysis) is 1. The molecular formula is C22H34BNO7. The summed E-state index contributed by atoms with van der Waals surface area (Å²) in [6, 6.07) is 6.38. The van der Waals surface area contributed by atoms with Crippen LogP contribution in [-0.4, -0.2) is 55.6 Å². The lowest BCUT2D eigenvalue weighted by Gasteiger charge is -2.32. The Kier molecular flexibility index (Phi) is 7.65. The predicted molar refractivity (Wildman–Crippen MR) is 117 cm³/mol. The number of ether oxygens (including phenoxy) is 3. The Labute approximate surface area is 185 Å². The Balaban J connectivity index is 2.00. The van der Waals surface area contributed by atoms with E-state index in [1.54, 1.807) is 26.8 Å². The van der Waals surface area contributed by atoms with E-state index in [0.717, 1.165) is 5.56 Å². The second-order valence-electron chi connectivity index (χ2n) is 9.57. The fraction of sp³-hybridized carbons (Fsp3) is 0.636. The maximum absolute atomic E-state index is 12.2. The molecular weight excluding hydrogens is 401 g/mol. The van der Waals surface area contributed by atoms with Crippen LogP contribution in [0.2, 0.25) is 0 Å². The van der Waals surface area contributed by atoms with E-state index in [2.05, 4.69) is 5.32 Å². The largest absolute Gasteiger partial charge is 0.498 e. The van der Waals surface area contributed by atoms with Crippen molar-refractivity contribution in [1.29, 1.82) is 0 Å². The molecule has 0 aromatic heterocycles. The third kappa shape index (κ3) is 7.14. The van der Waals surface area contributed by atoms with E-state index in [1.807, 2.05) is 45.9 Å². The Bertz CT molecular complexity index is 772. The molecule has 1 fully saturated rings. The number of benzene rings is 1. The summed E-state index contributed by atoms with van der Waals surface area (Å²) in [5.74, 6) is 0.0440. The molecule has 172 valence electrons. The molecule has 1 amide bonds. The normalized spacial score (nSPS) is 18.3. The zero-order valence-corrected chi connectivity index (χ0v) is 19.7. The summed E-state index contributed by atoms with van der Waals surface area (Å²) in [5.41, 5.74) is -0.738. The van der Waals surface area contributed by atoms with Crippen LogP contribution in [0.1, 0.15) is 54.0 Å². The molecule has 1 atom stereocenters. The highest BCUT2D eigenvalue weighted by Crippen LogP contribution is 2.36. The standard InChI is InChI=1S/C22H34BNO7/c1-20(2,3)29-19(26)24-17(18(25)27-8)13-15-10-9-11-16(12-15)28-14-23-30-21(4,5)22(6,7)31-23/h9-12,17H,13-14H2,1-8H3,(H,24,26)/t17-/m0/s1. The van der Waals surface area contributed by atoms with E-state index in [0.29, 0.717) is 5.75 Å². The molecule has 1 N–H and O–H groups in total. The van der Waals surface area contributed by atoms with Gasteiger partial charge in [0.25, 0.3) is 0 Å².